The second kappa shape index (κ2) is 11.1. The van der Waals surface area contributed by atoms with Crippen molar-refractivity contribution in [1.82, 2.24) is 20.1 Å². The van der Waals surface area contributed by atoms with Crippen molar-refractivity contribution in [2.45, 2.75) is 25.0 Å². The van der Waals surface area contributed by atoms with Crippen molar-refractivity contribution >= 4 is 17.7 Å². The topological polar surface area (TPSA) is 78.3 Å². The van der Waals surface area contributed by atoms with E-state index in [0.29, 0.717) is 16.7 Å². The molecule has 0 aliphatic heterocycles. The molecule has 180 valence electrons. The lowest BCUT2D eigenvalue weighted by Crippen LogP contribution is -2.28. The normalized spacial score (nSPS) is 11.7. The first-order valence-electron chi connectivity index (χ1n) is 11.2. The number of aryl methyl sites for hydroxylation is 1. The van der Waals surface area contributed by atoms with Gasteiger partial charge in [0.25, 0.3) is 0 Å². The van der Waals surface area contributed by atoms with Crippen molar-refractivity contribution in [1.29, 1.82) is 0 Å². The number of methoxy groups -OCH3 is 2. The van der Waals surface area contributed by atoms with E-state index in [1.165, 1.54) is 11.8 Å². The number of aromatic nitrogens is 3. The number of thioether (sulfide) groups is 1. The maximum atomic E-state index is 12.8. The highest BCUT2D eigenvalue weighted by Crippen LogP contribution is 2.33. The summed E-state index contributed by atoms with van der Waals surface area (Å²) in [6.07, 6.45) is 0. The minimum absolute atomic E-state index is 0.106. The number of nitrogens with zero attached hydrogens (tertiary/aromatic N) is 3. The van der Waals surface area contributed by atoms with Gasteiger partial charge in [0.15, 0.2) is 11.0 Å². The van der Waals surface area contributed by atoms with Crippen LogP contribution in [-0.2, 0) is 4.79 Å². The SMILES string of the molecule is COc1ccccc1-c1nnc(SCC(=O)NC(C)c2ccccc2OC)n1-c1ccc(C)cc1. The number of carbonyl (C=O) groups is 1. The summed E-state index contributed by atoms with van der Waals surface area (Å²) in [6, 6.07) is 23.3. The zero-order valence-electron chi connectivity index (χ0n) is 20.2. The molecule has 1 heterocycles. The van der Waals surface area contributed by atoms with E-state index in [0.717, 1.165) is 28.1 Å². The van der Waals surface area contributed by atoms with E-state index in [4.69, 9.17) is 9.47 Å². The lowest BCUT2D eigenvalue weighted by Gasteiger charge is -2.17. The van der Waals surface area contributed by atoms with Gasteiger partial charge < -0.3 is 14.8 Å². The lowest BCUT2D eigenvalue weighted by atomic mass is 10.1. The number of carbonyl (C=O) groups excluding carboxylic acids is 1. The minimum atomic E-state index is -0.196. The smallest absolute Gasteiger partial charge is 0.230 e. The Hall–Kier alpha value is -3.78. The Labute approximate surface area is 209 Å². The number of hydrogen-bond donors (Lipinski definition) is 1. The minimum Gasteiger partial charge on any atom is -0.496 e. The number of ether oxygens (including phenoxy) is 2. The molecule has 1 amide bonds. The van der Waals surface area contributed by atoms with E-state index in [9.17, 15) is 4.79 Å². The second-order valence-corrected chi connectivity index (χ2v) is 8.94. The summed E-state index contributed by atoms with van der Waals surface area (Å²) in [7, 11) is 3.26. The van der Waals surface area contributed by atoms with Crippen molar-refractivity contribution < 1.29 is 14.3 Å². The molecule has 1 N–H and O–H groups in total. The maximum absolute atomic E-state index is 12.8. The zero-order chi connectivity index (χ0) is 24.8. The third-order valence-electron chi connectivity index (χ3n) is 5.59. The monoisotopic (exact) mass is 488 g/mol. The van der Waals surface area contributed by atoms with E-state index < -0.39 is 0 Å². The summed E-state index contributed by atoms with van der Waals surface area (Å²) in [5.41, 5.74) is 3.81. The summed E-state index contributed by atoms with van der Waals surface area (Å²) in [4.78, 5) is 12.8. The van der Waals surface area contributed by atoms with Gasteiger partial charge in [-0.05, 0) is 44.2 Å². The molecule has 35 heavy (non-hydrogen) atoms. The van der Waals surface area contributed by atoms with Gasteiger partial charge in [-0.2, -0.15) is 0 Å². The van der Waals surface area contributed by atoms with Crippen LogP contribution in [-0.4, -0.2) is 40.6 Å². The van der Waals surface area contributed by atoms with Gasteiger partial charge in [0.1, 0.15) is 11.5 Å². The van der Waals surface area contributed by atoms with Crippen LogP contribution in [0.15, 0.2) is 78.0 Å². The van der Waals surface area contributed by atoms with Gasteiger partial charge in [-0.15, -0.1) is 10.2 Å². The van der Waals surface area contributed by atoms with Crippen molar-refractivity contribution in [2.24, 2.45) is 0 Å². The van der Waals surface area contributed by atoms with Gasteiger partial charge in [-0.3, -0.25) is 9.36 Å². The molecule has 4 aromatic rings. The highest BCUT2D eigenvalue weighted by atomic mass is 32.2. The molecule has 0 fully saturated rings. The van der Waals surface area contributed by atoms with Gasteiger partial charge >= 0.3 is 0 Å². The van der Waals surface area contributed by atoms with E-state index in [1.54, 1.807) is 14.2 Å². The fraction of sp³-hybridized carbons (Fsp3) is 0.222. The molecule has 0 spiro atoms. The van der Waals surface area contributed by atoms with Crippen molar-refractivity contribution in [3.05, 3.63) is 83.9 Å². The third kappa shape index (κ3) is 5.49. The Kier molecular flexibility index (Phi) is 7.72. The second-order valence-electron chi connectivity index (χ2n) is 8.00. The van der Waals surface area contributed by atoms with Crippen LogP contribution in [0.2, 0.25) is 0 Å². The first-order valence-corrected chi connectivity index (χ1v) is 12.2. The fourth-order valence-electron chi connectivity index (χ4n) is 3.81. The third-order valence-corrected chi connectivity index (χ3v) is 6.52. The zero-order valence-corrected chi connectivity index (χ0v) is 21.0. The number of amides is 1. The number of hydrogen-bond acceptors (Lipinski definition) is 6. The predicted octanol–water partition coefficient (Wildman–Crippen LogP) is 5.23. The number of benzene rings is 3. The average molecular weight is 489 g/mol. The van der Waals surface area contributed by atoms with E-state index in [-0.39, 0.29) is 17.7 Å². The Morgan fingerprint density at radius 2 is 1.60 bits per heavy atom. The van der Waals surface area contributed by atoms with Crippen LogP contribution >= 0.6 is 11.8 Å². The molecular formula is C27H28N4O3S. The summed E-state index contributed by atoms with van der Waals surface area (Å²) in [6.45, 7) is 3.98. The first-order chi connectivity index (χ1) is 17.0. The number of rotatable bonds is 9. The van der Waals surface area contributed by atoms with Gasteiger partial charge in [-0.1, -0.05) is 59.8 Å². The van der Waals surface area contributed by atoms with Gasteiger partial charge in [0, 0.05) is 11.3 Å². The van der Waals surface area contributed by atoms with Crippen LogP contribution in [0.25, 0.3) is 17.1 Å². The van der Waals surface area contributed by atoms with Crippen molar-refractivity contribution in [3.8, 4) is 28.6 Å². The van der Waals surface area contributed by atoms with Crippen LogP contribution in [0.5, 0.6) is 11.5 Å². The van der Waals surface area contributed by atoms with Gasteiger partial charge in [-0.25, -0.2) is 0 Å². The maximum Gasteiger partial charge on any atom is 0.230 e. The van der Waals surface area contributed by atoms with Crippen LogP contribution in [0, 0.1) is 6.92 Å². The van der Waals surface area contributed by atoms with Crippen LogP contribution in [0.1, 0.15) is 24.1 Å². The predicted molar refractivity (Wildman–Crippen MR) is 138 cm³/mol. The highest BCUT2D eigenvalue weighted by Gasteiger charge is 2.20. The van der Waals surface area contributed by atoms with E-state index in [1.807, 2.05) is 91.2 Å². The lowest BCUT2D eigenvalue weighted by molar-refractivity contribution is -0.119. The molecule has 0 aliphatic carbocycles. The molecule has 0 bridgehead atoms. The number of nitrogens with one attached hydrogen (secondary N) is 1. The molecule has 1 unspecified atom stereocenters. The molecule has 0 saturated carbocycles. The van der Waals surface area contributed by atoms with Crippen LogP contribution < -0.4 is 14.8 Å². The molecule has 8 heteroatoms. The summed E-state index contributed by atoms with van der Waals surface area (Å²) in [5, 5.41) is 12.6. The van der Waals surface area contributed by atoms with Gasteiger partial charge in [0.05, 0.1) is 31.6 Å². The molecule has 4 rings (SSSR count). The largest absolute Gasteiger partial charge is 0.496 e. The first kappa shape index (κ1) is 24.3. The molecule has 0 radical (unpaired) electrons. The van der Waals surface area contributed by atoms with E-state index >= 15 is 0 Å². The number of para-hydroxylation sites is 2. The van der Waals surface area contributed by atoms with Crippen molar-refractivity contribution in [3.63, 3.8) is 0 Å². The fourth-order valence-corrected chi connectivity index (χ4v) is 4.57. The molecular weight excluding hydrogens is 460 g/mol. The standard InChI is InChI=1S/C27H28N4O3S/c1-18-13-15-20(16-14-18)31-26(22-10-6-8-12-24(22)34-4)29-30-27(31)35-17-25(32)28-19(2)21-9-5-7-11-23(21)33-3/h5-16,19H,17H2,1-4H3,(H,28,32). The Morgan fingerprint density at radius 1 is 0.943 bits per heavy atom. The molecule has 1 atom stereocenters. The molecule has 1 aromatic heterocycles. The van der Waals surface area contributed by atoms with Crippen molar-refractivity contribution in [2.75, 3.05) is 20.0 Å². The van der Waals surface area contributed by atoms with Gasteiger partial charge in [0.2, 0.25) is 5.91 Å². The summed E-state index contributed by atoms with van der Waals surface area (Å²) < 4.78 is 12.9. The quantitative estimate of drug-likeness (QED) is 0.325. The van der Waals surface area contributed by atoms with E-state index in [2.05, 4.69) is 15.5 Å². The molecule has 0 aliphatic rings. The molecule has 7 nitrogen and oxygen atoms in total. The average Bonchev–Trinajstić information content (AvgIpc) is 3.31. The Bertz CT molecular complexity index is 1300. The summed E-state index contributed by atoms with van der Waals surface area (Å²) in [5.74, 6) is 2.18. The van der Waals surface area contributed by atoms with Crippen LogP contribution in [0.4, 0.5) is 0 Å². The summed E-state index contributed by atoms with van der Waals surface area (Å²) >= 11 is 1.34. The Morgan fingerprint density at radius 3 is 2.31 bits per heavy atom. The Balaban J connectivity index is 1.58. The molecule has 3 aromatic carbocycles. The van der Waals surface area contributed by atoms with Crippen LogP contribution in [0.3, 0.4) is 0 Å². The highest BCUT2D eigenvalue weighted by molar-refractivity contribution is 7.99. The molecule has 0 saturated heterocycles.